The van der Waals surface area contributed by atoms with Gasteiger partial charge in [-0.3, -0.25) is 4.79 Å². The van der Waals surface area contributed by atoms with Crippen LogP contribution in [0.4, 0.5) is 4.39 Å². The van der Waals surface area contributed by atoms with E-state index < -0.39 is 0 Å². The van der Waals surface area contributed by atoms with Gasteiger partial charge in [0.1, 0.15) is 5.82 Å². The SMILES string of the molecule is CCNCCC1CC1c1ccc(C(C)=O)c(F)c1. The van der Waals surface area contributed by atoms with Crippen molar-refractivity contribution in [3.8, 4) is 0 Å². The third-order valence-corrected chi connectivity index (χ3v) is 3.67. The van der Waals surface area contributed by atoms with Gasteiger partial charge in [-0.15, -0.1) is 0 Å². The summed E-state index contributed by atoms with van der Waals surface area (Å²) in [5, 5.41) is 3.31. The topological polar surface area (TPSA) is 29.1 Å². The van der Waals surface area contributed by atoms with Crippen LogP contribution in [0.25, 0.3) is 0 Å². The molecule has 2 unspecified atom stereocenters. The molecule has 1 fully saturated rings. The molecule has 0 saturated heterocycles. The number of carbonyl (C=O) groups excluding carboxylic acids is 1. The minimum absolute atomic E-state index is 0.198. The minimum atomic E-state index is -0.377. The Morgan fingerprint density at radius 2 is 2.28 bits per heavy atom. The Bertz CT molecular complexity index is 444. The number of rotatable bonds is 6. The summed E-state index contributed by atoms with van der Waals surface area (Å²) in [6.45, 7) is 5.53. The van der Waals surface area contributed by atoms with Gasteiger partial charge in [-0.2, -0.15) is 0 Å². The molecular formula is C15H20FNO. The Kier molecular flexibility index (Phi) is 4.12. The van der Waals surface area contributed by atoms with Crippen LogP contribution in [0, 0.1) is 11.7 Å². The van der Waals surface area contributed by atoms with Crippen molar-refractivity contribution in [2.45, 2.75) is 32.6 Å². The van der Waals surface area contributed by atoms with Crippen molar-refractivity contribution in [3.05, 3.63) is 35.1 Å². The molecule has 98 valence electrons. The zero-order chi connectivity index (χ0) is 13.1. The van der Waals surface area contributed by atoms with Gasteiger partial charge in [0.25, 0.3) is 0 Å². The molecule has 1 aromatic carbocycles. The van der Waals surface area contributed by atoms with Gasteiger partial charge in [-0.1, -0.05) is 13.0 Å². The first-order valence-corrected chi connectivity index (χ1v) is 6.64. The molecule has 0 radical (unpaired) electrons. The van der Waals surface area contributed by atoms with E-state index in [4.69, 9.17) is 0 Å². The lowest BCUT2D eigenvalue weighted by molar-refractivity contribution is 0.101. The molecule has 0 spiro atoms. The number of hydrogen-bond acceptors (Lipinski definition) is 2. The molecule has 1 aliphatic carbocycles. The summed E-state index contributed by atoms with van der Waals surface area (Å²) in [7, 11) is 0. The van der Waals surface area contributed by atoms with Gasteiger partial charge in [-0.05, 0) is 62.4 Å². The van der Waals surface area contributed by atoms with Crippen LogP contribution >= 0.6 is 0 Å². The standard InChI is InChI=1S/C15H20FNO/c1-3-17-7-6-12-8-14(12)11-4-5-13(10(2)18)15(16)9-11/h4-5,9,12,14,17H,3,6-8H2,1-2H3. The third-order valence-electron chi connectivity index (χ3n) is 3.67. The van der Waals surface area contributed by atoms with Gasteiger partial charge in [-0.25, -0.2) is 4.39 Å². The average Bonchev–Trinajstić information content (AvgIpc) is 3.08. The largest absolute Gasteiger partial charge is 0.317 e. The Balaban J connectivity index is 1.95. The second kappa shape index (κ2) is 5.61. The number of carbonyl (C=O) groups is 1. The molecule has 0 amide bonds. The van der Waals surface area contributed by atoms with Crippen LogP contribution in [-0.2, 0) is 0 Å². The fraction of sp³-hybridized carbons (Fsp3) is 0.533. The molecule has 2 nitrogen and oxygen atoms in total. The van der Waals surface area contributed by atoms with Gasteiger partial charge in [0, 0.05) is 0 Å². The number of benzene rings is 1. The molecule has 0 heterocycles. The lowest BCUT2D eigenvalue weighted by Gasteiger charge is -2.04. The van der Waals surface area contributed by atoms with E-state index in [9.17, 15) is 9.18 Å². The van der Waals surface area contributed by atoms with Crippen molar-refractivity contribution in [1.29, 1.82) is 0 Å². The highest BCUT2D eigenvalue weighted by atomic mass is 19.1. The quantitative estimate of drug-likeness (QED) is 0.620. The Labute approximate surface area is 108 Å². The van der Waals surface area contributed by atoms with Crippen LogP contribution in [-0.4, -0.2) is 18.9 Å². The van der Waals surface area contributed by atoms with Crippen molar-refractivity contribution < 1.29 is 9.18 Å². The molecule has 1 saturated carbocycles. The van der Waals surface area contributed by atoms with Crippen LogP contribution in [0.3, 0.4) is 0 Å². The number of ketones is 1. The van der Waals surface area contributed by atoms with Crippen molar-refractivity contribution in [1.82, 2.24) is 5.32 Å². The molecular weight excluding hydrogens is 229 g/mol. The van der Waals surface area contributed by atoms with Crippen molar-refractivity contribution >= 4 is 5.78 Å². The lowest BCUT2D eigenvalue weighted by atomic mass is 10.0. The molecule has 1 N–H and O–H groups in total. The highest BCUT2D eigenvalue weighted by Gasteiger charge is 2.37. The number of hydrogen-bond donors (Lipinski definition) is 1. The Morgan fingerprint density at radius 3 is 2.89 bits per heavy atom. The van der Waals surface area contributed by atoms with E-state index in [0.29, 0.717) is 11.8 Å². The maximum atomic E-state index is 13.7. The molecule has 1 aromatic rings. The zero-order valence-electron chi connectivity index (χ0n) is 11.0. The first-order valence-electron chi connectivity index (χ1n) is 6.64. The number of halogens is 1. The second-order valence-corrected chi connectivity index (χ2v) is 5.04. The van der Waals surface area contributed by atoms with E-state index >= 15 is 0 Å². The predicted octanol–water partition coefficient (Wildman–Crippen LogP) is 3.13. The van der Waals surface area contributed by atoms with Gasteiger partial charge < -0.3 is 5.32 Å². The number of nitrogens with one attached hydrogen (secondary N) is 1. The van der Waals surface area contributed by atoms with E-state index in [2.05, 4.69) is 12.2 Å². The predicted molar refractivity (Wildman–Crippen MR) is 70.4 cm³/mol. The highest BCUT2D eigenvalue weighted by Crippen LogP contribution is 2.49. The highest BCUT2D eigenvalue weighted by molar-refractivity contribution is 5.94. The van der Waals surface area contributed by atoms with E-state index in [0.717, 1.165) is 31.5 Å². The average molecular weight is 249 g/mol. The summed E-state index contributed by atoms with van der Waals surface area (Å²) in [5.74, 6) is 0.571. The third kappa shape index (κ3) is 2.96. The fourth-order valence-corrected chi connectivity index (χ4v) is 2.49. The van der Waals surface area contributed by atoms with Crippen LogP contribution < -0.4 is 5.32 Å². The molecule has 18 heavy (non-hydrogen) atoms. The maximum Gasteiger partial charge on any atom is 0.162 e. The molecule has 0 bridgehead atoms. The lowest BCUT2D eigenvalue weighted by Crippen LogP contribution is -2.14. The van der Waals surface area contributed by atoms with Gasteiger partial charge in [0.15, 0.2) is 5.78 Å². The van der Waals surface area contributed by atoms with E-state index in [-0.39, 0.29) is 17.2 Å². The molecule has 2 rings (SSSR count). The van der Waals surface area contributed by atoms with E-state index in [1.165, 1.54) is 13.0 Å². The van der Waals surface area contributed by atoms with Gasteiger partial charge in [0.2, 0.25) is 0 Å². The zero-order valence-corrected chi connectivity index (χ0v) is 11.0. The monoisotopic (exact) mass is 249 g/mol. The summed E-state index contributed by atoms with van der Waals surface area (Å²) >= 11 is 0. The molecule has 1 aliphatic rings. The van der Waals surface area contributed by atoms with Crippen LogP contribution in [0.1, 0.15) is 48.5 Å². The summed E-state index contributed by atoms with van der Waals surface area (Å²) in [5.41, 5.74) is 1.24. The van der Waals surface area contributed by atoms with Crippen LogP contribution in [0.5, 0.6) is 0 Å². The fourth-order valence-electron chi connectivity index (χ4n) is 2.49. The summed E-state index contributed by atoms with van der Waals surface area (Å²) < 4.78 is 13.7. The minimum Gasteiger partial charge on any atom is -0.317 e. The molecule has 3 heteroatoms. The Morgan fingerprint density at radius 1 is 1.50 bits per heavy atom. The van der Waals surface area contributed by atoms with Gasteiger partial charge in [0.05, 0.1) is 5.56 Å². The maximum absolute atomic E-state index is 13.7. The summed E-state index contributed by atoms with van der Waals surface area (Å²) in [6.07, 6.45) is 2.29. The first-order chi connectivity index (χ1) is 8.63. The van der Waals surface area contributed by atoms with E-state index in [1.54, 1.807) is 6.07 Å². The van der Waals surface area contributed by atoms with Crippen LogP contribution in [0.2, 0.25) is 0 Å². The normalized spacial score (nSPS) is 21.9. The molecule has 0 aliphatic heterocycles. The summed E-state index contributed by atoms with van der Waals surface area (Å²) in [4.78, 5) is 11.2. The van der Waals surface area contributed by atoms with Crippen LogP contribution in [0.15, 0.2) is 18.2 Å². The summed E-state index contributed by atoms with van der Waals surface area (Å²) in [6, 6.07) is 5.05. The second-order valence-electron chi connectivity index (χ2n) is 5.04. The number of Topliss-reactive ketones (excluding diaryl/α,β-unsaturated/α-hetero) is 1. The van der Waals surface area contributed by atoms with Crippen molar-refractivity contribution in [3.63, 3.8) is 0 Å². The smallest absolute Gasteiger partial charge is 0.162 e. The first kappa shape index (κ1) is 13.2. The van der Waals surface area contributed by atoms with Crippen molar-refractivity contribution in [2.75, 3.05) is 13.1 Å². The Hall–Kier alpha value is -1.22. The molecule has 2 atom stereocenters. The van der Waals surface area contributed by atoms with E-state index in [1.807, 2.05) is 6.07 Å². The van der Waals surface area contributed by atoms with Crippen molar-refractivity contribution in [2.24, 2.45) is 5.92 Å². The molecule has 0 aromatic heterocycles. The van der Waals surface area contributed by atoms with Gasteiger partial charge >= 0.3 is 0 Å².